The van der Waals surface area contributed by atoms with E-state index in [0.717, 1.165) is 13.1 Å². The summed E-state index contributed by atoms with van der Waals surface area (Å²) < 4.78 is 11.1. The third-order valence-electron chi connectivity index (χ3n) is 5.88. The van der Waals surface area contributed by atoms with Crippen LogP contribution in [-0.2, 0) is 0 Å². The molecule has 0 aromatic heterocycles. The Bertz CT molecular complexity index is 951. The van der Waals surface area contributed by atoms with Crippen LogP contribution in [0.1, 0.15) is 30.9 Å². The fraction of sp³-hybridized carbons (Fsp3) is 0.379. The molecule has 0 heterocycles. The number of hydrogen-bond donors (Lipinski definition) is 2. The van der Waals surface area contributed by atoms with Gasteiger partial charge in [0.25, 0.3) is 0 Å². The second kappa shape index (κ2) is 15.7. The molecule has 1 atom stereocenters. The minimum absolute atomic E-state index is 0. The van der Waals surface area contributed by atoms with Gasteiger partial charge in [0, 0.05) is 31.1 Å². The molecular weight excluding hydrogens is 495 g/mol. The Morgan fingerprint density at radius 1 is 0.833 bits per heavy atom. The van der Waals surface area contributed by atoms with Gasteiger partial charge in [0.05, 0.1) is 7.11 Å². The summed E-state index contributed by atoms with van der Waals surface area (Å²) in [6.45, 7) is 6.71. The van der Waals surface area contributed by atoms with Crippen molar-refractivity contribution in [3.05, 3.63) is 96.1 Å². The van der Waals surface area contributed by atoms with E-state index < -0.39 is 6.10 Å². The second-order valence-electron chi connectivity index (χ2n) is 9.45. The van der Waals surface area contributed by atoms with E-state index in [-0.39, 0.29) is 37.0 Å². The van der Waals surface area contributed by atoms with Crippen LogP contribution in [0.25, 0.3) is 0 Å². The fourth-order valence-electron chi connectivity index (χ4n) is 4.26. The molecule has 2 N–H and O–H groups in total. The molecule has 0 amide bonds. The lowest BCUT2D eigenvalue weighted by Gasteiger charge is -2.34. The maximum atomic E-state index is 10.5. The normalized spacial score (nSPS) is 12.0. The number of para-hydroxylation sites is 2. The van der Waals surface area contributed by atoms with Gasteiger partial charge in [-0.3, -0.25) is 0 Å². The Morgan fingerprint density at radius 2 is 1.33 bits per heavy atom. The van der Waals surface area contributed by atoms with Gasteiger partial charge in [0.2, 0.25) is 0 Å². The van der Waals surface area contributed by atoms with Crippen LogP contribution in [0.3, 0.4) is 0 Å². The molecule has 198 valence electrons. The Kier molecular flexibility index (Phi) is 13.9. The highest BCUT2D eigenvalue weighted by atomic mass is 35.5. The molecule has 36 heavy (non-hydrogen) atoms. The zero-order valence-corrected chi connectivity index (χ0v) is 23.2. The van der Waals surface area contributed by atoms with E-state index in [4.69, 9.17) is 9.47 Å². The Balaban J connectivity index is 0.00000324. The fourth-order valence-corrected chi connectivity index (χ4v) is 4.26. The molecule has 0 spiro atoms. The molecule has 3 rings (SSSR count). The second-order valence-corrected chi connectivity index (χ2v) is 9.45. The van der Waals surface area contributed by atoms with E-state index in [1.165, 1.54) is 11.1 Å². The van der Waals surface area contributed by atoms with Crippen molar-refractivity contribution in [1.29, 1.82) is 0 Å². The molecular formula is C29H40Cl2N2O3. The zero-order valence-electron chi connectivity index (χ0n) is 21.6. The lowest BCUT2D eigenvalue weighted by Crippen LogP contribution is -2.51. The van der Waals surface area contributed by atoms with Crippen molar-refractivity contribution in [1.82, 2.24) is 10.2 Å². The summed E-state index contributed by atoms with van der Waals surface area (Å²) in [7, 11) is 3.77. The van der Waals surface area contributed by atoms with E-state index in [1.54, 1.807) is 7.11 Å². The van der Waals surface area contributed by atoms with Crippen molar-refractivity contribution in [3.8, 4) is 11.5 Å². The van der Waals surface area contributed by atoms with Crippen molar-refractivity contribution in [2.75, 3.05) is 40.4 Å². The maximum Gasteiger partial charge on any atom is 0.161 e. The first-order chi connectivity index (χ1) is 16.4. The Labute approximate surface area is 228 Å². The number of hydrogen-bond acceptors (Lipinski definition) is 5. The number of aliphatic hydroxyl groups excluding tert-OH is 1. The van der Waals surface area contributed by atoms with Crippen LogP contribution in [0.5, 0.6) is 11.5 Å². The summed E-state index contributed by atoms with van der Waals surface area (Å²) >= 11 is 0. The molecule has 0 bridgehead atoms. The van der Waals surface area contributed by atoms with E-state index in [2.05, 4.69) is 91.8 Å². The minimum Gasteiger partial charge on any atom is -0.493 e. The Morgan fingerprint density at radius 3 is 1.86 bits per heavy atom. The van der Waals surface area contributed by atoms with Crippen molar-refractivity contribution in [2.45, 2.75) is 31.4 Å². The van der Waals surface area contributed by atoms with Gasteiger partial charge in [-0.15, -0.1) is 24.8 Å². The lowest BCUT2D eigenvalue weighted by molar-refractivity contribution is 0.0936. The molecule has 0 radical (unpaired) electrons. The number of β-amino-alcohol motifs (C(OH)–C–C–N with tert-alkyl or cyclic N) is 1. The average molecular weight is 536 g/mol. The lowest BCUT2D eigenvalue weighted by atomic mass is 9.90. The predicted molar refractivity (Wildman–Crippen MR) is 153 cm³/mol. The molecule has 0 aliphatic rings. The molecule has 0 aliphatic carbocycles. The first kappa shape index (κ1) is 31.7. The quantitative estimate of drug-likeness (QED) is 0.307. The van der Waals surface area contributed by atoms with E-state index >= 15 is 0 Å². The number of nitrogens with zero attached hydrogens (tertiary/aromatic N) is 1. The van der Waals surface area contributed by atoms with Crippen LogP contribution in [0.2, 0.25) is 0 Å². The highest BCUT2D eigenvalue weighted by Crippen LogP contribution is 2.27. The highest BCUT2D eigenvalue weighted by Gasteiger charge is 2.24. The summed E-state index contributed by atoms with van der Waals surface area (Å²) in [6.07, 6.45) is -0.629. The maximum absolute atomic E-state index is 10.5. The van der Waals surface area contributed by atoms with Crippen molar-refractivity contribution < 1.29 is 14.6 Å². The van der Waals surface area contributed by atoms with Gasteiger partial charge in [-0.05, 0) is 44.2 Å². The number of likely N-dealkylation sites (N-methyl/N-ethyl adjacent to an activating group) is 1. The zero-order chi connectivity index (χ0) is 24.4. The minimum atomic E-state index is -0.629. The smallest absolute Gasteiger partial charge is 0.161 e. The van der Waals surface area contributed by atoms with Crippen molar-refractivity contribution >= 4 is 24.8 Å². The number of halogens is 2. The largest absolute Gasteiger partial charge is 0.493 e. The molecule has 5 nitrogen and oxygen atoms in total. The van der Waals surface area contributed by atoms with Gasteiger partial charge in [-0.1, -0.05) is 72.8 Å². The van der Waals surface area contributed by atoms with Gasteiger partial charge in [-0.25, -0.2) is 0 Å². The summed E-state index contributed by atoms with van der Waals surface area (Å²) in [5, 5.41) is 14.0. The van der Waals surface area contributed by atoms with Crippen LogP contribution < -0.4 is 14.8 Å². The number of rotatable bonds is 13. The van der Waals surface area contributed by atoms with E-state index in [1.807, 2.05) is 24.3 Å². The first-order valence-electron chi connectivity index (χ1n) is 11.9. The Hall–Kier alpha value is -2.28. The first-order valence-corrected chi connectivity index (χ1v) is 11.9. The molecule has 3 aromatic carbocycles. The summed E-state index contributed by atoms with van der Waals surface area (Å²) in [5.41, 5.74) is 2.45. The van der Waals surface area contributed by atoms with Crippen LogP contribution in [0.4, 0.5) is 0 Å². The number of aliphatic hydroxyl groups is 1. The topological polar surface area (TPSA) is 54.0 Å². The molecule has 1 unspecified atom stereocenters. The molecule has 0 aliphatic heterocycles. The average Bonchev–Trinajstić information content (AvgIpc) is 2.85. The van der Waals surface area contributed by atoms with Gasteiger partial charge in [0.15, 0.2) is 11.5 Å². The summed E-state index contributed by atoms with van der Waals surface area (Å²) in [5.74, 6) is 1.59. The number of nitrogens with one attached hydrogen (secondary N) is 1. The van der Waals surface area contributed by atoms with Crippen LogP contribution >= 0.6 is 24.8 Å². The molecule has 0 fully saturated rings. The van der Waals surface area contributed by atoms with Crippen LogP contribution in [0, 0.1) is 0 Å². The standard InChI is InChI=1S/C29H38N2O3.2ClH/c1-29(2,30-19-25(32)21-34-28-18-12-11-17-27(28)33-4)22-31(3)20-26(23-13-7-5-8-14-23)24-15-9-6-10-16-24;;/h5-18,25-26,30,32H,19-22H2,1-4H3;2*1H. The van der Waals surface area contributed by atoms with E-state index in [9.17, 15) is 5.11 Å². The monoisotopic (exact) mass is 534 g/mol. The van der Waals surface area contributed by atoms with Gasteiger partial charge in [0.1, 0.15) is 12.7 Å². The third-order valence-corrected chi connectivity index (χ3v) is 5.88. The number of ether oxygens (including phenoxy) is 2. The van der Waals surface area contributed by atoms with Gasteiger partial charge in [-0.2, -0.15) is 0 Å². The predicted octanol–water partition coefficient (Wildman–Crippen LogP) is 5.41. The van der Waals surface area contributed by atoms with Gasteiger partial charge >= 0.3 is 0 Å². The highest BCUT2D eigenvalue weighted by molar-refractivity contribution is 5.85. The van der Waals surface area contributed by atoms with Crippen molar-refractivity contribution in [2.24, 2.45) is 0 Å². The van der Waals surface area contributed by atoms with E-state index in [0.29, 0.717) is 24.0 Å². The summed E-state index contributed by atoms with van der Waals surface area (Å²) in [4.78, 5) is 2.36. The molecule has 0 saturated carbocycles. The molecule has 0 saturated heterocycles. The van der Waals surface area contributed by atoms with Gasteiger partial charge < -0.3 is 24.8 Å². The van der Waals surface area contributed by atoms with Crippen LogP contribution in [-0.4, -0.2) is 62.0 Å². The van der Waals surface area contributed by atoms with Crippen molar-refractivity contribution in [3.63, 3.8) is 0 Å². The summed E-state index contributed by atoms with van der Waals surface area (Å²) in [6, 6.07) is 28.8. The molecule has 7 heteroatoms. The van der Waals surface area contributed by atoms with Crippen LogP contribution in [0.15, 0.2) is 84.9 Å². The number of benzene rings is 3. The molecule has 3 aromatic rings. The third kappa shape index (κ3) is 10.00. The SMILES string of the molecule is COc1ccccc1OCC(O)CNC(C)(C)CN(C)CC(c1ccccc1)c1ccccc1.Cl.Cl. The number of methoxy groups -OCH3 is 1.